The number of hydrogen-bond donors (Lipinski definition) is 1. The maximum absolute atomic E-state index is 13.1. The summed E-state index contributed by atoms with van der Waals surface area (Å²) in [6, 6.07) is 1.40. The van der Waals surface area contributed by atoms with Gasteiger partial charge in [-0.15, -0.1) is 0 Å². The van der Waals surface area contributed by atoms with Gasteiger partial charge in [0.1, 0.15) is 5.82 Å². The topological polar surface area (TPSA) is 21.3 Å². The summed E-state index contributed by atoms with van der Waals surface area (Å²) in [5, 5.41) is 2.57. The second kappa shape index (κ2) is 5.02. The molecule has 0 saturated heterocycles. The van der Waals surface area contributed by atoms with Crippen LogP contribution in [0.25, 0.3) is 0 Å². The normalized spacial score (nSPS) is 12.6. The highest BCUT2D eigenvalue weighted by molar-refractivity contribution is 5.45. The standard InChI is InChI=1S/C10H12F3NO/c1-6(15-2)5-14-9-4-7(11)3-8(12)10(9)13/h3-4,6,14H,5H2,1-2H3. The molecule has 5 heteroatoms. The summed E-state index contributed by atoms with van der Waals surface area (Å²) in [5.41, 5.74) is -0.198. The van der Waals surface area contributed by atoms with Crippen molar-refractivity contribution in [2.24, 2.45) is 0 Å². The molecule has 0 fully saturated rings. The van der Waals surface area contributed by atoms with Crippen molar-refractivity contribution in [2.75, 3.05) is 19.0 Å². The molecule has 0 saturated carbocycles. The van der Waals surface area contributed by atoms with Crippen molar-refractivity contribution < 1.29 is 17.9 Å². The van der Waals surface area contributed by atoms with Crippen LogP contribution in [-0.4, -0.2) is 19.8 Å². The van der Waals surface area contributed by atoms with Gasteiger partial charge in [-0.25, -0.2) is 13.2 Å². The number of hydrogen-bond acceptors (Lipinski definition) is 2. The number of rotatable bonds is 4. The van der Waals surface area contributed by atoms with Crippen molar-refractivity contribution >= 4 is 5.69 Å². The molecule has 1 N–H and O–H groups in total. The van der Waals surface area contributed by atoms with Gasteiger partial charge < -0.3 is 10.1 Å². The molecule has 1 rings (SSSR count). The molecule has 0 amide bonds. The first-order valence-corrected chi connectivity index (χ1v) is 4.45. The summed E-state index contributed by atoms with van der Waals surface area (Å²) < 4.78 is 43.5. The Bertz CT molecular complexity index is 344. The minimum absolute atomic E-state index is 0.171. The van der Waals surface area contributed by atoms with Crippen molar-refractivity contribution in [3.05, 3.63) is 29.6 Å². The Morgan fingerprint density at radius 1 is 1.33 bits per heavy atom. The number of nitrogens with one attached hydrogen (secondary N) is 1. The zero-order valence-electron chi connectivity index (χ0n) is 8.48. The van der Waals surface area contributed by atoms with E-state index in [-0.39, 0.29) is 18.3 Å². The Morgan fingerprint density at radius 2 is 2.00 bits per heavy atom. The van der Waals surface area contributed by atoms with Crippen LogP contribution < -0.4 is 5.32 Å². The van der Waals surface area contributed by atoms with Gasteiger partial charge in [-0.1, -0.05) is 0 Å². The lowest BCUT2D eigenvalue weighted by atomic mass is 10.2. The number of anilines is 1. The van der Waals surface area contributed by atoms with Gasteiger partial charge in [-0.2, -0.15) is 0 Å². The van der Waals surface area contributed by atoms with E-state index in [1.807, 2.05) is 0 Å². The molecular weight excluding hydrogens is 207 g/mol. The van der Waals surface area contributed by atoms with Crippen molar-refractivity contribution in [3.8, 4) is 0 Å². The van der Waals surface area contributed by atoms with Crippen LogP contribution in [0.3, 0.4) is 0 Å². The molecule has 1 unspecified atom stereocenters. The quantitative estimate of drug-likeness (QED) is 0.786. The lowest BCUT2D eigenvalue weighted by molar-refractivity contribution is 0.128. The molecule has 84 valence electrons. The molecule has 0 bridgehead atoms. The van der Waals surface area contributed by atoms with Crippen LogP contribution in [0.5, 0.6) is 0 Å². The largest absolute Gasteiger partial charge is 0.380 e. The van der Waals surface area contributed by atoms with Crippen molar-refractivity contribution in [2.45, 2.75) is 13.0 Å². The Morgan fingerprint density at radius 3 is 2.60 bits per heavy atom. The van der Waals surface area contributed by atoms with E-state index in [4.69, 9.17) is 4.74 Å². The maximum atomic E-state index is 13.1. The van der Waals surface area contributed by atoms with Gasteiger partial charge in [0, 0.05) is 25.8 Å². The third-order valence-electron chi connectivity index (χ3n) is 1.98. The Balaban J connectivity index is 2.76. The average molecular weight is 219 g/mol. The van der Waals surface area contributed by atoms with Gasteiger partial charge >= 0.3 is 0 Å². The molecule has 2 nitrogen and oxygen atoms in total. The molecule has 15 heavy (non-hydrogen) atoms. The van der Waals surface area contributed by atoms with Crippen LogP contribution in [0.2, 0.25) is 0 Å². The second-order valence-electron chi connectivity index (χ2n) is 3.18. The fourth-order valence-electron chi connectivity index (χ4n) is 1.02. The zero-order chi connectivity index (χ0) is 11.4. The van der Waals surface area contributed by atoms with Crippen LogP contribution in [-0.2, 0) is 4.74 Å². The van der Waals surface area contributed by atoms with Gasteiger partial charge in [-0.05, 0) is 6.92 Å². The highest BCUT2D eigenvalue weighted by atomic mass is 19.2. The van der Waals surface area contributed by atoms with Crippen molar-refractivity contribution in [3.63, 3.8) is 0 Å². The second-order valence-corrected chi connectivity index (χ2v) is 3.18. The predicted octanol–water partition coefficient (Wildman–Crippen LogP) is 2.55. The van der Waals surface area contributed by atoms with E-state index in [9.17, 15) is 13.2 Å². The Hall–Kier alpha value is -1.23. The first kappa shape index (κ1) is 11.8. The van der Waals surface area contributed by atoms with Crippen molar-refractivity contribution in [1.82, 2.24) is 0 Å². The molecule has 0 spiro atoms. The monoisotopic (exact) mass is 219 g/mol. The van der Waals surface area contributed by atoms with Crippen LogP contribution >= 0.6 is 0 Å². The van der Waals surface area contributed by atoms with Crippen molar-refractivity contribution in [1.29, 1.82) is 0 Å². The minimum Gasteiger partial charge on any atom is -0.380 e. The molecule has 1 aromatic carbocycles. The van der Waals surface area contributed by atoms with Crippen LogP contribution in [0, 0.1) is 17.5 Å². The van der Waals surface area contributed by atoms with E-state index < -0.39 is 17.5 Å². The van der Waals surface area contributed by atoms with E-state index in [2.05, 4.69) is 5.32 Å². The van der Waals surface area contributed by atoms with Gasteiger partial charge in [0.25, 0.3) is 0 Å². The first-order valence-electron chi connectivity index (χ1n) is 4.45. The highest BCUT2D eigenvalue weighted by Crippen LogP contribution is 2.18. The number of ether oxygens (including phenoxy) is 1. The third kappa shape index (κ3) is 3.13. The summed E-state index contributed by atoms with van der Waals surface area (Å²) in [7, 11) is 1.49. The molecule has 0 aliphatic heterocycles. The lowest BCUT2D eigenvalue weighted by Crippen LogP contribution is -2.19. The number of methoxy groups -OCH3 is 1. The molecule has 1 atom stereocenters. The summed E-state index contributed by atoms with van der Waals surface area (Å²) in [4.78, 5) is 0. The molecule has 0 aliphatic rings. The van der Waals surface area contributed by atoms with Gasteiger partial charge in [0.05, 0.1) is 11.8 Å². The number of benzene rings is 1. The van der Waals surface area contributed by atoms with Gasteiger partial charge in [0.2, 0.25) is 0 Å². The predicted molar refractivity (Wildman–Crippen MR) is 51.3 cm³/mol. The third-order valence-corrected chi connectivity index (χ3v) is 1.98. The molecule has 1 aromatic rings. The van der Waals surface area contributed by atoms with Crippen LogP contribution in [0.4, 0.5) is 18.9 Å². The molecule has 0 aromatic heterocycles. The smallest absolute Gasteiger partial charge is 0.182 e. The molecular formula is C10H12F3NO. The number of halogens is 3. The summed E-state index contributed by atoms with van der Waals surface area (Å²) in [6.45, 7) is 2.02. The Labute approximate surface area is 86.1 Å². The minimum atomic E-state index is -1.21. The maximum Gasteiger partial charge on any atom is 0.182 e. The summed E-state index contributed by atoms with van der Waals surface area (Å²) in [5.74, 6) is -3.11. The molecule has 0 heterocycles. The van der Waals surface area contributed by atoms with Crippen LogP contribution in [0.15, 0.2) is 12.1 Å². The van der Waals surface area contributed by atoms with Gasteiger partial charge in [0.15, 0.2) is 11.6 Å². The van der Waals surface area contributed by atoms with Gasteiger partial charge in [-0.3, -0.25) is 0 Å². The molecule has 0 radical (unpaired) electrons. The fraction of sp³-hybridized carbons (Fsp3) is 0.400. The van der Waals surface area contributed by atoms with E-state index >= 15 is 0 Å². The van der Waals surface area contributed by atoms with Crippen LogP contribution in [0.1, 0.15) is 6.92 Å². The van der Waals surface area contributed by atoms with E-state index in [0.717, 1.165) is 6.07 Å². The zero-order valence-corrected chi connectivity index (χ0v) is 8.48. The summed E-state index contributed by atoms with van der Waals surface area (Å²) in [6.07, 6.45) is -0.171. The highest BCUT2D eigenvalue weighted by Gasteiger charge is 2.11. The van der Waals surface area contributed by atoms with E-state index in [1.165, 1.54) is 7.11 Å². The van der Waals surface area contributed by atoms with E-state index in [0.29, 0.717) is 6.07 Å². The lowest BCUT2D eigenvalue weighted by Gasteiger charge is -2.12. The summed E-state index contributed by atoms with van der Waals surface area (Å²) >= 11 is 0. The fourth-order valence-corrected chi connectivity index (χ4v) is 1.02. The average Bonchev–Trinajstić information content (AvgIpc) is 2.20. The first-order chi connectivity index (χ1) is 7.04. The van der Waals surface area contributed by atoms with E-state index in [1.54, 1.807) is 6.92 Å². The molecule has 0 aliphatic carbocycles. The SMILES string of the molecule is COC(C)CNc1cc(F)cc(F)c1F. The Kier molecular flexibility index (Phi) is 3.96.